The Morgan fingerprint density at radius 3 is 2.44 bits per heavy atom. The fraction of sp³-hybridized carbons (Fsp3) is 0. The molecule has 0 amide bonds. The van der Waals surface area contributed by atoms with Gasteiger partial charge in [0.1, 0.15) is 0 Å². The molecule has 18 heavy (non-hydrogen) atoms. The number of thiazole rings is 1. The molecule has 0 aliphatic rings. The van der Waals surface area contributed by atoms with Crippen molar-refractivity contribution in [1.82, 2.24) is 9.97 Å². The lowest BCUT2D eigenvalue weighted by molar-refractivity contribution is 1.31. The van der Waals surface area contributed by atoms with Crippen molar-refractivity contribution in [2.75, 3.05) is 5.73 Å². The number of rotatable bonds is 2. The van der Waals surface area contributed by atoms with E-state index in [4.69, 9.17) is 5.73 Å². The van der Waals surface area contributed by atoms with Crippen LogP contribution in [0.4, 0.5) is 5.13 Å². The Balaban J connectivity index is 2.17. The summed E-state index contributed by atoms with van der Waals surface area (Å²) in [5.74, 6) is 0. The van der Waals surface area contributed by atoms with Crippen LogP contribution in [0.1, 0.15) is 0 Å². The molecule has 2 heterocycles. The first-order chi connectivity index (χ1) is 8.84. The van der Waals surface area contributed by atoms with E-state index in [0.717, 1.165) is 21.7 Å². The highest BCUT2D eigenvalue weighted by atomic mass is 32.1. The molecule has 0 bridgehead atoms. The number of benzene rings is 1. The molecule has 0 aliphatic heterocycles. The summed E-state index contributed by atoms with van der Waals surface area (Å²) in [5.41, 5.74) is 8.86. The van der Waals surface area contributed by atoms with Gasteiger partial charge in [0.2, 0.25) is 0 Å². The van der Waals surface area contributed by atoms with Crippen molar-refractivity contribution in [2.24, 2.45) is 0 Å². The lowest BCUT2D eigenvalue weighted by Crippen LogP contribution is -1.84. The Labute approximate surface area is 109 Å². The number of nitrogens with two attached hydrogens (primary N) is 1. The molecule has 4 heteroatoms. The van der Waals surface area contributed by atoms with E-state index < -0.39 is 0 Å². The first kappa shape index (κ1) is 10.9. The highest BCUT2D eigenvalue weighted by Crippen LogP contribution is 2.37. The number of hydrogen-bond donors (Lipinski definition) is 1. The molecule has 0 fully saturated rings. The number of anilines is 1. The van der Waals surface area contributed by atoms with Gasteiger partial charge in [-0.3, -0.25) is 4.98 Å². The normalized spacial score (nSPS) is 10.4. The van der Waals surface area contributed by atoms with Gasteiger partial charge in [0, 0.05) is 18.0 Å². The Morgan fingerprint density at radius 2 is 1.72 bits per heavy atom. The number of nitrogens with zero attached hydrogens (tertiary/aromatic N) is 2. The second-order valence-corrected chi connectivity index (χ2v) is 4.87. The minimum absolute atomic E-state index is 0.577. The standard InChI is InChI=1S/C14H11N3S/c15-14-17-12(11-7-4-8-16-9-11)13(18-14)10-5-2-1-3-6-10/h1-9H,(H2,15,17). The zero-order valence-corrected chi connectivity index (χ0v) is 10.4. The van der Waals surface area contributed by atoms with Gasteiger partial charge in [0.15, 0.2) is 5.13 Å². The van der Waals surface area contributed by atoms with E-state index in [1.165, 1.54) is 11.3 Å². The third kappa shape index (κ3) is 1.98. The molecule has 0 saturated carbocycles. The van der Waals surface area contributed by atoms with E-state index in [1.807, 2.05) is 30.3 Å². The Bertz CT molecular complexity index is 590. The third-order valence-electron chi connectivity index (χ3n) is 2.61. The zero-order valence-electron chi connectivity index (χ0n) is 9.58. The van der Waals surface area contributed by atoms with Crippen LogP contribution in [-0.2, 0) is 0 Å². The molecule has 0 saturated heterocycles. The largest absolute Gasteiger partial charge is 0.375 e. The maximum Gasteiger partial charge on any atom is 0.181 e. The summed E-state index contributed by atoms with van der Waals surface area (Å²) in [4.78, 5) is 9.63. The Morgan fingerprint density at radius 1 is 0.944 bits per heavy atom. The average molecular weight is 253 g/mol. The third-order valence-corrected chi connectivity index (χ3v) is 3.55. The molecule has 0 radical (unpaired) electrons. The summed E-state index contributed by atoms with van der Waals surface area (Å²) >= 11 is 1.50. The summed E-state index contributed by atoms with van der Waals surface area (Å²) in [6.45, 7) is 0. The van der Waals surface area contributed by atoms with Gasteiger partial charge in [-0.15, -0.1) is 0 Å². The topological polar surface area (TPSA) is 51.8 Å². The summed E-state index contributed by atoms with van der Waals surface area (Å²) in [5, 5.41) is 0.577. The van der Waals surface area contributed by atoms with E-state index in [1.54, 1.807) is 12.4 Å². The van der Waals surface area contributed by atoms with Gasteiger partial charge in [-0.05, 0) is 17.7 Å². The molecule has 0 unspecified atom stereocenters. The van der Waals surface area contributed by atoms with Crippen LogP contribution in [-0.4, -0.2) is 9.97 Å². The van der Waals surface area contributed by atoms with Gasteiger partial charge in [-0.1, -0.05) is 41.7 Å². The first-order valence-electron chi connectivity index (χ1n) is 5.57. The van der Waals surface area contributed by atoms with Gasteiger partial charge in [-0.25, -0.2) is 4.98 Å². The molecular formula is C14H11N3S. The van der Waals surface area contributed by atoms with Crippen LogP contribution in [0.15, 0.2) is 54.9 Å². The lowest BCUT2D eigenvalue weighted by Gasteiger charge is -2.01. The second-order valence-electron chi connectivity index (χ2n) is 3.84. The van der Waals surface area contributed by atoms with E-state index in [9.17, 15) is 0 Å². The number of aromatic nitrogens is 2. The van der Waals surface area contributed by atoms with Crippen molar-refractivity contribution in [1.29, 1.82) is 0 Å². The van der Waals surface area contributed by atoms with Crippen molar-refractivity contribution in [3.8, 4) is 21.7 Å². The fourth-order valence-corrected chi connectivity index (χ4v) is 2.68. The van der Waals surface area contributed by atoms with E-state index in [-0.39, 0.29) is 0 Å². The summed E-state index contributed by atoms with van der Waals surface area (Å²) in [6.07, 6.45) is 3.56. The average Bonchev–Trinajstić information content (AvgIpc) is 2.83. The highest BCUT2D eigenvalue weighted by Gasteiger charge is 2.13. The van der Waals surface area contributed by atoms with Crippen molar-refractivity contribution in [3.05, 3.63) is 54.9 Å². The summed E-state index contributed by atoms with van der Waals surface area (Å²) in [6, 6.07) is 14.0. The quantitative estimate of drug-likeness (QED) is 0.761. The van der Waals surface area contributed by atoms with Crippen LogP contribution in [0.3, 0.4) is 0 Å². The van der Waals surface area contributed by atoms with E-state index >= 15 is 0 Å². The monoisotopic (exact) mass is 253 g/mol. The maximum atomic E-state index is 5.84. The van der Waals surface area contributed by atoms with Crippen molar-refractivity contribution < 1.29 is 0 Å². The van der Waals surface area contributed by atoms with Crippen LogP contribution >= 0.6 is 11.3 Å². The minimum atomic E-state index is 0.577. The van der Waals surface area contributed by atoms with Crippen molar-refractivity contribution >= 4 is 16.5 Å². The molecule has 3 nitrogen and oxygen atoms in total. The molecular weight excluding hydrogens is 242 g/mol. The fourth-order valence-electron chi connectivity index (χ4n) is 1.82. The number of hydrogen-bond acceptors (Lipinski definition) is 4. The molecule has 3 rings (SSSR count). The molecule has 0 atom stereocenters. The molecule has 3 aromatic rings. The van der Waals surface area contributed by atoms with Crippen LogP contribution < -0.4 is 5.73 Å². The smallest absolute Gasteiger partial charge is 0.181 e. The van der Waals surface area contributed by atoms with E-state index in [2.05, 4.69) is 22.1 Å². The van der Waals surface area contributed by atoms with Gasteiger partial charge in [0.05, 0.1) is 10.6 Å². The van der Waals surface area contributed by atoms with Crippen molar-refractivity contribution in [3.63, 3.8) is 0 Å². The molecule has 2 N–H and O–H groups in total. The molecule has 88 valence electrons. The number of pyridine rings is 1. The summed E-state index contributed by atoms with van der Waals surface area (Å²) < 4.78 is 0. The Kier molecular flexibility index (Phi) is 2.78. The van der Waals surface area contributed by atoms with Gasteiger partial charge in [-0.2, -0.15) is 0 Å². The predicted octanol–water partition coefficient (Wildman–Crippen LogP) is 3.45. The lowest BCUT2D eigenvalue weighted by atomic mass is 10.1. The van der Waals surface area contributed by atoms with Crippen LogP contribution in [0.2, 0.25) is 0 Å². The second kappa shape index (κ2) is 4.58. The first-order valence-corrected chi connectivity index (χ1v) is 6.38. The van der Waals surface area contributed by atoms with E-state index in [0.29, 0.717) is 5.13 Å². The molecule has 0 spiro atoms. The van der Waals surface area contributed by atoms with Crippen molar-refractivity contribution in [2.45, 2.75) is 0 Å². The van der Waals surface area contributed by atoms with Gasteiger partial charge < -0.3 is 5.73 Å². The molecule has 0 aliphatic carbocycles. The minimum Gasteiger partial charge on any atom is -0.375 e. The highest BCUT2D eigenvalue weighted by molar-refractivity contribution is 7.19. The zero-order chi connectivity index (χ0) is 12.4. The maximum absolute atomic E-state index is 5.84. The summed E-state index contributed by atoms with van der Waals surface area (Å²) in [7, 11) is 0. The Hall–Kier alpha value is -2.20. The number of nitrogen functional groups attached to an aromatic ring is 1. The van der Waals surface area contributed by atoms with Gasteiger partial charge in [0.25, 0.3) is 0 Å². The molecule has 2 aromatic heterocycles. The predicted molar refractivity (Wildman–Crippen MR) is 75.2 cm³/mol. The molecule has 1 aromatic carbocycles. The van der Waals surface area contributed by atoms with Gasteiger partial charge >= 0.3 is 0 Å². The van der Waals surface area contributed by atoms with Crippen LogP contribution in [0.25, 0.3) is 21.7 Å². The van der Waals surface area contributed by atoms with Crippen LogP contribution in [0.5, 0.6) is 0 Å². The SMILES string of the molecule is Nc1nc(-c2cccnc2)c(-c2ccccc2)s1. The van der Waals surface area contributed by atoms with Crippen LogP contribution in [0, 0.1) is 0 Å².